The monoisotopic (exact) mass is 226 g/mol. The molecule has 1 aromatic heterocycles. The normalized spacial score (nSPS) is 10.4. The third-order valence-corrected chi connectivity index (χ3v) is 1.60. The fraction of sp³-hybridized carbons (Fsp3) is 0.667. The van der Waals surface area contributed by atoms with E-state index in [-0.39, 0.29) is 5.97 Å². The van der Waals surface area contributed by atoms with Gasteiger partial charge in [-0.05, 0) is 27.7 Å². The van der Waals surface area contributed by atoms with Gasteiger partial charge in [-0.15, -0.1) is 0 Å². The fourth-order valence-corrected chi connectivity index (χ4v) is 1.14. The molecule has 0 atom stereocenters. The second kappa shape index (κ2) is 5.68. The van der Waals surface area contributed by atoms with Crippen LogP contribution in [0.25, 0.3) is 0 Å². The molecular weight excluding hydrogens is 204 g/mol. The summed E-state index contributed by atoms with van der Waals surface area (Å²) >= 11 is 0. The maximum atomic E-state index is 11.6. The Kier molecular flexibility index (Phi) is 5.21. The molecule has 1 aromatic rings. The minimum absolute atomic E-state index is 0.365. The van der Waals surface area contributed by atoms with Crippen molar-refractivity contribution in [1.82, 2.24) is 9.78 Å². The van der Waals surface area contributed by atoms with Crippen LogP contribution in [-0.2, 0) is 11.8 Å². The third kappa shape index (κ3) is 4.47. The van der Waals surface area contributed by atoms with E-state index in [0.717, 1.165) is 5.56 Å². The Balaban J connectivity index is 0.00000106. The quantitative estimate of drug-likeness (QED) is 0.691. The van der Waals surface area contributed by atoms with Crippen molar-refractivity contribution >= 4 is 5.97 Å². The summed E-state index contributed by atoms with van der Waals surface area (Å²) in [7, 11) is 1.78. The zero-order valence-electron chi connectivity index (χ0n) is 11.3. The third-order valence-electron chi connectivity index (χ3n) is 1.60. The average Bonchev–Trinajstić information content (AvgIpc) is 2.46. The Morgan fingerprint density at radius 3 is 2.19 bits per heavy atom. The van der Waals surface area contributed by atoms with Crippen molar-refractivity contribution in [2.75, 3.05) is 0 Å². The molecule has 0 unspecified atom stereocenters. The molecule has 0 spiro atoms. The number of esters is 1. The van der Waals surface area contributed by atoms with Crippen LogP contribution in [0.4, 0.5) is 0 Å². The van der Waals surface area contributed by atoms with Gasteiger partial charge in [-0.25, -0.2) is 4.79 Å². The smallest absolute Gasteiger partial charge is 0.359 e. The number of aryl methyl sites for hydroxylation is 2. The number of hydrogen-bond acceptors (Lipinski definition) is 3. The van der Waals surface area contributed by atoms with E-state index in [4.69, 9.17) is 4.74 Å². The standard InChI is InChI=1S/C10H16N2O2.C2H6/c1-7-6-12(5)11-8(7)9(13)14-10(2,3)4;1-2/h6H,1-5H3;1-2H3. The highest BCUT2D eigenvalue weighted by atomic mass is 16.6. The van der Waals surface area contributed by atoms with Crippen LogP contribution >= 0.6 is 0 Å². The second-order valence-electron chi connectivity index (χ2n) is 4.34. The van der Waals surface area contributed by atoms with Gasteiger partial charge in [0.2, 0.25) is 0 Å². The van der Waals surface area contributed by atoms with Gasteiger partial charge in [0.05, 0.1) is 0 Å². The molecule has 0 fully saturated rings. The minimum Gasteiger partial charge on any atom is -0.455 e. The Labute approximate surface area is 97.6 Å². The van der Waals surface area contributed by atoms with Gasteiger partial charge in [0, 0.05) is 18.8 Å². The van der Waals surface area contributed by atoms with Crippen molar-refractivity contribution < 1.29 is 9.53 Å². The number of hydrogen-bond donors (Lipinski definition) is 0. The summed E-state index contributed by atoms with van der Waals surface area (Å²) in [4.78, 5) is 11.6. The lowest BCUT2D eigenvalue weighted by atomic mass is 10.2. The van der Waals surface area contributed by atoms with Gasteiger partial charge in [0.25, 0.3) is 0 Å². The SMILES string of the molecule is CC.Cc1cn(C)nc1C(=O)OC(C)(C)C. The maximum absolute atomic E-state index is 11.6. The van der Waals surface area contributed by atoms with Gasteiger partial charge in [-0.2, -0.15) is 5.10 Å². The molecule has 0 saturated heterocycles. The van der Waals surface area contributed by atoms with Gasteiger partial charge in [0.15, 0.2) is 5.69 Å². The van der Waals surface area contributed by atoms with Crippen LogP contribution in [0.3, 0.4) is 0 Å². The predicted molar refractivity (Wildman–Crippen MR) is 64.5 cm³/mol. The Morgan fingerprint density at radius 2 is 1.88 bits per heavy atom. The highest BCUT2D eigenvalue weighted by molar-refractivity contribution is 5.88. The summed E-state index contributed by atoms with van der Waals surface area (Å²) in [5.74, 6) is -0.365. The Morgan fingerprint density at radius 1 is 1.38 bits per heavy atom. The lowest BCUT2D eigenvalue weighted by Gasteiger charge is -2.18. The number of nitrogens with zero attached hydrogens (tertiary/aromatic N) is 2. The zero-order chi connectivity index (χ0) is 12.9. The molecule has 1 heterocycles. The zero-order valence-corrected chi connectivity index (χ0v) is 11.3. The molecule has 0 aliphatic carbocycles. The topological polar surface area (TPSA) is 44.1 Å². The van der Waals surface area contributed by atoms with Gasteiger partial charge in [-0.1, -0.05) is 13.8 Å². The van der Waals surface area contributed by atoms with Crippen molar-refractivity contribution in [3.8, 4) is 0 Å². The summed E-state index contributed by atoms with van der Waals surface area (Å²) in [6.45, 7) is 11.3. The van der Waals surface area contributed by atoms with Crippen LogP contribution in [0.1, 0.15) is 50.7 Å². The van der Waals surface area contributed by atoms with Crippen LogP contribution in [0.5, 0.6) is 0 Å². The summed E-state index contributed by atoms with van der Waals surface area (Å²) in [5, 5.41) is 4.04. The first-order valence-electron chi connectivity index (χ1n) is 5.53. The molecular formula is C12H22N2O2. The molecule has 0 radical (unpaired) electrons. The van der Waals surface area contributed by atoms with E-state index < -0.39 is 5.60 Å². The van der Waals surface area contributed by atoms with Crippen LogP contribution in [0.2, 0.25) is 0 Å². The van der Waals surface area contributed by atoms with E-state index >= 15 is 0 Å². The van der Waals surface area contributed by atoms with E-state index in [1.54, 1.807) is 17.9 Å². The maximum Gasteiger partial charge on any atom is 0.359 e. The molecule has 4 nitrogen and oxygen atoms in total. The number of rotatable bonds is 1. The summed E-state index contributed by atoms with van der Waals surface area (Å²) in [5.41, 5.74) is 0.755. The van der Waals surface area contributed by atoms with Gasteiger partial charge in [0.1, 0.15) is 5.60 Å². The van der Waals surface area contributed by atoms with Crippen molar-refractivity contribution in [3.05, 3.63) is 17.5 Å². The molecule has 0 N–H and O–H groups in total. The van der Waals surface area contributed by atoms with E-state index in [1.165, 1.54) is 0 Å². The average molecular weight is 226 g/mol. The van der Waals surface area contributed by atoms with Crippen LogP contribution in [-0.4, -0.2) is 21.4 Å². The lowest BCUT2D eigenvalue weighted by Crippen LogP contribution is -2.24. The van der Waals surface area contributed by atoms with Gasteiger partial charge < -0.3 is 4.74 Å². The van der Waals surface area contributed by atoms with E-state index in [9.17, 15) is 4.79 Å². The molecule has 4 heteroatoms. The molecule has 0 aliphatic rings. The van der Waals surface area contributed by atoms with Crippen LogP contribution in [0.15, 0.2) is 6.20 Å². The molecule has 92 valence electrons. The first-order valence-corrected chi connectivity index (χ1v) is 5.53. The van der Waals surface area contributed by atoms with Gasteiger partial charge in [-0.3, -0.25) is 4.68 Å². The minimum atomic E-state index is -0.471. The summed E-state index contributed by atoms with van der Waals surface area (Å²) in [6.07, 6.45) is 1.79. The van der Waals surface area contributed by atoms with E-state index in [1.807, 2.05) is 41.5 Å². The van der Waals surface area contributed by atoms with E-state index in [2.05, 4.69) is 5.10 Å². The Bertz CT molecular complexity index is 348. The first-order chi connectivity index (χ1) is 7.29. The van der Waals surface area contributed by atoms with Crippen LogP contribution in [0, 0.1) is 6.92 Å². The van der Waals surface area contributed by atoms with E-state index in [0.29, 0.717) is 5.69 Å². The van der Waals surface area contributed by atoms with Crippen LogP contribution < -0.4 is 0 Å². The highest BCUT2D eigenvalue weighted by Gasteiger charge is 2.21. The van der Waals surface area contributed by atoms with Crippen molar-refractivity contribution in [3.63, 3.8) is 0 Å². The second-order valence-corrected chi connectivity index (χ2v) is 4.34. The van der Waals surface area contributed by atoms with Crippen molar-refractivity contribution in [1.29, 1.82) is 0 Å². The first kappa shape index (κ1) is 14.7. The molecule has 0 saturated carbocycles. The molecule has 16 heavy (non-hydrogen) atoms. The molecule has 1 rings (SSSR count). The predicted octanol–water partition coefficient (Wildman–Crippen LogP) is 2.71. The number of carbonyl (C=O) groups is 1. The molecule has 0 amide bonds. The van der Waals surface area contributed by atoms with Gasteiger partial charge >= 0.3 is 5.97 Å². The number of aromatic nitrogens is 2. The summed E-state index contributed by atoms with van der Waals surface area (Å²) < 4.78 is 6.81. The van der Waals surface area contributed by atoms with Crippen molar-refractivity contribution in [2.24, 2.45) is 7.05 Å². The number of ether oxygens (including phenoxy) is 1. The largest absolute Gasteiger partial charge is 0.455 e. The molecule has 0 aromatic carbocycles. The fourth-order valence-electron chi connectivity index (χ4n) is 1.14. The molecule has 0 bridgehead atoms. The van der Waals surface area contributed by atoms with Crippen molar-refractivity contribution in [2.45, 2.75) is 47.1 Å². The summed E-state index contributed by atoms with van der Waals surface area (Å²) in [6, 6.07) is 0. The molecule has 0 aliphatic heterocycles. The number of carbonyl (C=O) groups excluding carboxylic acids is 1. The highest BCUT2D eigenvalue weighted by Crippen LogP contribution is 2.13. The Hall–Kier alpha value is -1.32. The lowest BCUT2D eigenvalue weighted by molar-refractivity contribution is 0.00613.